The van der Waals surface area contributed by atoms with E-state index in [2.05, 4.69) is 10.3 Å². The number of nitrogens with one attached hydrogen (secondary N) is 1. The number of hydrogen-bond donors (Lipinski definition) is 1. The number of sulfonamides is 1. The molecule has 166 valence electrons. The highest BCUT2D eigenvalue weighted by Crippen LogP contribution is 2.28. The van der Waals surface area contributed by atoms with Crippen LogP contribution in [0.3, 0.4) is 0 Å². The highest BCUT2D eigenvalue weighted by atomic mass is 32.2. The third-order valence-electron chi connectivity index (χ3n) is 5.41. The highest BCUT2D eigenvalue weighted by Gasteiger charge is 2.28. The molecule has 32 heavy (non-hydrogen) atoms. The van der Waals surface area contributed by atoms with Crippen molar-refractivity contribution in [3.8, 4) is 17.5 Å². The minimum atomic E-state index is -3.62. The number of hydrogen-bond acceptors (Lipinski definition) is 7. The van der Waals surface area contributed by atoms with E-state index < -0.39 is 10.0 Å². The van der Waals surface area contributed by atoms with Crippen LogP contribution in [0.2, 0.25) is 0 Å². The Morgan fingerprint density at radius 2 is 1.88 bits per heavy atom. The van der Waals surface area contributed by atoms with Crippen LogP contribution < -0.4 is 5.32 Å². The summed E-state index contributed by atoms with van der Waals surface area (Å²) in [6, 6.07) is 16.4. The first kappa shape index (κ1) is 22.0. The molecule has 9 heteroatoms. The summed E-state index contributed by atoms with van der Waals surface area (Å²) in [6.07, 6.45) is 0.699. The smallest absolute Gasteiger partial charge is 0.243 e. The van der Waals surface area contributed by atoms with Crippen LogP contribution in [0.1, 0.15) is 16.8 Å². The first-order valence-electron chi connectivity index (χ1n) is 10.4. The molecule has 1 aliphatic heterocycles. The zero-order valence-electron chi connectivity index (χ0n) is 18.1. The van der Waals surface area contributed by atoms with Crippen molar-refractivity contribution in [2.24, 2.45) is 0 Å². The Hall–Kier alpha value is -3.19. The van der Waals surface area contributed by atoms with Crippen LogP contribution in [-0.4, -0.2) is 56.3 Å². The lowest BCUT2D eigenvalue weighted by Gasteiger charge is -2.28. The maximum atomic E-state index is 13.2. The molecule has 0 saturated carbocycles. The van der Waals surface area contributed by atoms with E-state index in [1.54, 1.807) is 24.3 Å². The van der Waals surface area contributed by atoms with Crippen LogP contribution in [0.25, 0.3) is 11.5 Å². The molecule has 0 bridgehead atoms. The molecule has 2 aromatic carbocycles. The van der Waals surface area contributed by atoms with Crippen LogP contribution in [-0.2, 0) is 23.0 Å². The predicted octanol–water partition coefficient (Wildman–Crippen LogP) is 2.93. The molecule has 0 saturated heterocycles. The molecule has 4 rings (SSSR count). The number of likely N-dealkylation sites (N-methyl/N-ethyl adjacent to an activating group) is 1. The van der Waals surface area contributed by atoms with Gasteiger partial charge in [-0.15, -0.1) is 0 Å². The van der Waals surface area contributed by atoms with Crippen molar-refractivity contribution in [1.82, 2.24) is 14.2 Å². The maximum absolute atomic E-state index is 13.2. The Kier molecular flexibility index (Phi) is 6.28. The van der Waals surface area contributed by atoms with Crippen molar-refractivity contribution >= 4 is 15.9 Å². The molecular formula is C23H25N5O3S. The van der Waals surface area contributed by atoms with Gasteiger partial charge in [0.2, 0.25) is 27.5 Å². The summed E-state index contributed by atoms with van der Waals surface area (Å²) in [5.41, 5.74) is 3.01. The summed E-state index contributed by atoms with van der Waals surface area (Å²) in [5, 5.41) is 12.4. The van der Waals surface area contributed by atoms with E-state index in [1.807, 2.05) is 49.3 Å². The van der Waals surface area contributed by atoms with E-state index in [1.165, 1.54) is 9.87 Å². The molecule has 0 spiro atoms. The predicted molar refractivity (Wildman–Crippen MR) is 121 cm³/mol. The van der Waals surface area contributed by atoms with Gasteiger partial charge in [-0.2, -0.15) is 14.6 Å². The lowest BCUT2D eigenvalue weighted by molar-refractivity contribution is 0.391. The summed E-state index contributed by atoms with van der Waals surface area (Å²) in [6.45, 7) is 2.20. The number of anilines is 1. The Morgan fingerprint density at radius 1 is 1.16 bits per heavy atom. The number of nitriles is 1. The summed E-state index contributed by atoms with van der Waals surface area (Å²) in [4.78, 5) is 6.47. The zero-order valence-corrected chi connectivity index (χ0v) is 18.9. The lowest BCUT2D eigenvalue weighted by atomic mass is 10.0. The second-order valence-corrected chi connectivity index (χ2v) is 9.86. The molecule has 1 aliphatic rings. The van der Waals surface area contributed by atoms with Crippen molar-refractivity contribution in [3.05, 3.63) is 65.4 Å². The number of rotatable bonds is 7. The van der Waals surface area contributed by atoms with Crippen LogP contribution in [0.4, 0.5) is 5.88 Å². The largest absolute Gasteiger partial charge is 0.419 e. The first-order chi connectivity index (χ1) is 15.4. The molecule has 1 aromatic heterocycles. The molecule has 0 radical (unpaired) electrons. The Balaban J connectivity index is 1.52. The van der Waals surface area contributed by atoms with E-state index in [0.717, 1.165) is 12.1 Å². The summed E-state index contributed by atoms with van der Waals surface area (Å²) < 4.78 is 33.5. The molecule has 2 heterocycles. The maximum Gasteiger partial charge on any atom is 0.243 e. The fraction of sp³-hybridized carbons (Fsp3) is 0.304. The summed E-state index contributed by atoms with van der Waals surface area (Å²) in [5.74, 6) is 0.581. The minimum Gasteiger partial charge on any atom is -0.419 e. The third-order valence-corrected chi connectivity index (χ3v) is 7.27. The number of oxazole rings is 1. The molecule has 0 unspecified atom stereocenters. The van der Waals surface area contributed by atoms with Gasteiger partial charge in [-0.25, -0.2) is 8.42 Å². The van der Waals surface area contributed by atoms with Crippen molar-refractivity contribution in [2.45, 2.75) is 17.9 Å². The molecule has 3 aromatic rings. The molecule has 0 aliphatic carbocycles. The SMILES string of the molecule is CN(C)CCNc1oc(-c2ccc(S(=O)(=O)N3CCc4ccccc4C3)cc2)nc1C#N. The fourth-order valence-electron chi connectivity index (χ4n) is 3.63. The zero-order chi connectivity index (χ0) is 22.7. The first-order valence-corrected chi connectivity index (χ1v) is 11.8. The monoisotopic (exact) mass is 451 g/mol. The number of aromatic nitrogens is 1. The van der Waals surface area contributed by atoms with Crippen LogP contribution in [0, 0.1) is 11.3 Å². The third kappa shape index (κ3) is 4.53. The van der Waals surface area contributed by atoms with Gasteiger partial charge in [0.1, 0.15) is 6.07 Å². The van der Waals surface area contributed by atoms with Crippen molar-refractivity contribution in [1.29, 1.82) is 5.26 Å². The number of nitrogens with zero attached hydrogens (tertiary/aromatic N) is 4. The number of benzene rings is 2. The minimum absolute atomic E-state index is 0.169. The quantitative estimate of drug-likeness (QED) is 0.589. The van der Waals surface area contributed by atoms with Crippen molar-refractivity contribution in [3.63, 3.8) is 0 Å². The average Bonchev–Trinajstić information content (AvgIpc) is 3.21. The topological polar surface area (TPSA) is 102 Å². The second kappa shape index (κ2) is 9.12. The van der Waals surface area contributed by atoms with Gasteiger partial charge in [-0.3, -0.25) is 0 Å². The van der Waals surface area contributed by atoms with Crippen LogP contribution in [0.5, 0.6) is 0 Å². The Morgan fingerprint density at radius 3 is 2.56 bits per heavy atom. The lowest BCUT2D eigenvalue weighted by Crippen LogP contribution is -2.35. The van der Waals surface area contributed by atoms with Gasteiger partial charge < -0.3 is 14.6 Å². The van der Waals surface area contributed by atoms with E-state index >= 15 is 0 Å². The molecular weight excluding hydrogens is 426 g/mol. The normalized spacial score (nSPS) is 14.2. The van der Waals surface area contributed by atoms with E-state index in [-0.39, 0.29) is 16.5 Å². The van der Waals surface area contributed by atoms with Gasteiger partial charge in [-0.1, -0.05) is 24.3 Å². The van der Waals surface area contributed by atoms with Gasteiger partial charge in [-0.05, 0) is 55.9 Å². The van der Waals surface area contributed by atoms with E-state index in [9.17, 15) is 13.7 Å². The molecule has 0 atom stereocenters. The summed E-state index contributed by atoms with van der Waals surface area (Å²) >= 11 is 0. The van der Waals surface area contributed by atoms with E-state index in [4.69, 9.17) is 4.42 Å². The molecule has 1 N–H and O–H groups in total. The van der Waals surface area contributed by atoms with Crippen molar-refractivity contribution < 1.29 is 12.8 Å². The van der Waals surface area contributed by atoms with Gasteiger partial charge in [0.25, 0.3) is 0 Å². The second-order valence-electron chi connectivity index (χ2n) is 7.92. The Labute approximate surface area is 188 Å². The van der Waals surface area contributed by atoms with Gasteiger partial charge in [0, 0.05) is 31.7 Å². The molecule has 0 fully saturated rings. The van der Waals surface area contributed by atoms with Gasteiger partial charge >= 0.3 is 0 Å². The molecule has 8 nitrogen and oxygen atoms in total. The fourth-order valence-corrected chi connectivity index (χ4v) is 5.04. The van der Waals surface area contributed by atoms with Gasteiger partial charge in [0.05, 0.1) is 4.90 Å². The average molecular weight is 452 g/mol. The summed E-state index contributed by atoms with van der Waals surface area (Å²) in [7, 11) is 0.292. The van der Waals surface area contributed by atoms with Crippen molar-refractivity contribution in [2.75, 3.05) is 39.0 Å². The highest BCUT2D eigenvalue weighted by molar-refractivity contribution is 7.89. The van der Waals surface area contributed by atoms with Crippen LogP contribution in [0.15, 0.2) is 57.8 Å². The standard InChI is InChI=1S/C23H25N5O3S/c1-27(2)14-12-25-23-21(15-24)26-22(31-23)18-7-9-20(10-8-18)32(29,30)28-13-11-17-5-3-4-6-19(17)16-28/h3-10,25H,11-14,16H2,1-2H3. The Bertz CT molecular complexity index is 1240. The number of fused-ring (bicyclic) bond motifs is 1. The van der Waals surface area contributed by atoms with Crippen LogP contribution >= 0.6 is 0 Å². The van der Waals surface area contributed by atoms with E-state index in [0.29, 0.717) is 37.5 Å². The molecule has 0 amide bonds. The van der Waals surface area contributed by atoms with Gasteiger partial charge in [0.15, 0.2) is 0 Å².